The molecule has 1 aromatic carbocycles. The molecule has 0 radical (unpaired) electrons. The molecule has 1 aliphatic heterocycles. The van der Waals surface area contributed by atoms with Crippen LogP contribution in [0.3, 0.4) is 0 Å². The number of nitrogens with one attached hydrogen (secondary N) is 1. The molecule has 0 bridgehead atoms. The van der Waals surface area contributed by atoms with Gasteiger partial charge in [0.05, 0.1) is 6.04 Å². The minimum absolute atomic E-state index is 0.0682. The zero-order chi connectivity index (χ0) is 12.3. The maximum absolute atomic E-state index is 11.6. The van der Waals surface area contributed by atoms with Crippen LogP contribution in [0.25, 0.3) is 0 Å². The standard InChI is InChI=1S/C13H19N3O/c1-10-4-6-11(7-5-10)9-16-8-2-3-12(16)13(17)15-14/h4-7,12H,2-3,8-9,14H2,1H3,(H,15,17)/t12-/m0/s1. The molecule has 1 fully saturated rings. The highest BCUT2D eigenvalue weighted by atomic mass is 16.2. The number of hydrogen-bond acceptors (Lipinski definition) is 3. The number of nitrogens with two attached hydrogens (primary N) is 1. The van der Waals surface area contributed by atoms with Crippen LogP contribution in [0.15, 0.2) is 24.3 Å². The molecule has 4 nitrogen and oxygen atoms in total. The minimum Gasteiger partial charge on any atom is -0.293 e. The SMILES string of the molecule is Cc1ccc(CN2CCC[C@H]2C(=O)NN)cc1. The lowest BCUT2D eigenvalue weighted by molar-refractivity contribution is -0.125. The van der Waals surface area contributed by atoms with Gasteiger partial charge in [-0.15, -0.1) is 0 Å². The lowest BCUT2D eigenvalue weighted by Gasteiger charge is -2.22. The molecule has 4 heteroatoms. The predicted octanol–water partition coefficient (Wildman–Crippen LogP) is 0.949. The van der Waals surface area contributed by atoms with Crippen LogP contribution in [-0.2, 0) is 11.3 Å². The van der Waals surface area contributed by atoms with Crippen molar-refractivity contribution in [3.8, 4) is 0 Å². The number of likely N-dealkylation sites (tertiary alicyclic amines) is 1. The normalized spacial score (nSPS) is 20.5. The highest BCUT2D eigenvalue weighted by Crippen LogP contribution is 2.20. The largest absolute Gasteiger partial charge is 0.293 e. The first-order chi connectivity index (χ1) is 8.20. The van der Waals surface area contributed by atoms with Gasteiger partial charge in [-0.2, -0.15) is 0 Å². The van der Waals surface area contributed by atoms with E-state index in [9.17, 15) is 4.79 Å². The summed E-state index contributed by atoms with van der Waals surface area (Å²) in [6.45, 7) is 3.86. The molecule has 0 aliphatic carbocycles. The molecule has 2 rings (SSSR count). The number of benzene rings is 1. The van der Waals surface area contributed by atoms with Crippen LogP contribution in [0, 0.1) is 6.92 Å². The van der Waals surface area contributed by atoms with Crippen LogP contribution in [0.4, 0.5) is 0 Å². The zero-order valence-corrected chi connectivity index (χ0v) is 10.1. The molecule has 17 heavy (non-hydrogen) atoms. The average Bonchev–Trinajstić information content (AvgIpc) is 2.79. The van der Waals surface area contributed by atoms with Crippen molar-refractivity contribution in [1.82, 2.24) is 10.3 Å². The van der Waals surface area contributed by atoms with Crippen molar-refractivity contribution < 1.29 is 4.79 Å². The van der Waals surface area contributed by atoms with E-state index in [1.54, 1.807) is 0 Å². The summed E-state index contributed by atoms with van der Waals surface area (Å²) in [5.74, 6) is 5.13. The van der Waals surface area contributed by atoms with Gasteiger partial charge in [-0.25, -0.2) is 5.84 Å². The summed E-state index contributed by atoms with van der Waals surface area (Å²) in [4.78, 5) is 13.8. The number of hydrazine groups is 1. The van der Waals surface area contributed by atoms with Gasteiger partial charge in [-0.3, -0.25) is 15.1 Å². The first-order valence-corrected chi connectivity index (χ1v) is 6.01. The van der Waals surface area contributed by atoms with Crippen LogP contribution in [0.2, 0.25) is 0 Å². The third kappa shape index (κ3) is 2.84. The Balaban J connectivity index is 2.02. The second kappa shape index (κ2) is 5.29. The molecule has 92 valence electrons. The van der Waals surface area contributed by atoms with Gasteiger partial charge < -0.3 is 0 Å². The van der Waals surface area contributed by atoms with Gasteiger partial charge in [0.25, 0.3) is 5.91 Å². The quantitative estimate of drug-likeness (QED) is 0.464. The third-order valence-electron chi connectivity index (χ3n) is 3.31. The first kappa shape index (κ1) is 12.1. The van der Waals surface area contributed by atoms with Crippen molar-refractivity contribution in [2.45, 2.75) is 32.4 Å². The second-order valence-electron chi connectivity index (χ2n) is 4.62. The van der Waals surface area contributed by atoms with Gasteiger partial charge in [0.15, 0.2) is 0 Å². The summed E-state index contributed by atoms with van der Waals surface area (Å²) in [5, 5.41) is 0. The minimum atomic E-state index is -0.0744. The lowest BCUT2D eigenvalue weighted by atomic mass is 10.1. The summed E-state index contributed by atoms with van der Waals surface area (Å²) >= 11 is 0. The number of carbonyl (C=O) groups is 1. The number of carbonyl (C=O) groups excluding carboxylic acids is 1. The molecule has 0 aromatic heterocycles. The van der Waals surface area contributed by atoms with Gasteiger partial charge in [-0.1, -0.05) is 29.8 Å². The van der Waals surface area contributed by atoms with E-state index < -0.39 is 0 Å². The van der Waals surface area contributed by atoms with Crippen molar-refractivity contribution in [2.24, 2.45) is 5.84 Å². The monoisotopic (exact) mass is 233 g/mol. The molecule has 1 aromatic rings. The Morgan fingerprint density at radius 3 is 2.82 bits per heavy atom. The Labute approximate surface area is 102 Å². The predicted molar refractivity (Wildman–Crippen MR) is 66.9 cm³/mol. The van der Waals surface area contributed by atoms with Crippen molar-refractivity contribution in [3.05, 3.63) is 35.4 Å². The highest BCUT2D eigenvalue weighted by Gasteiger charge is 2.29. The molecule has 1 atom stereocenters. The lowest BCUT2D eigenvalue weighted by Crippen LogP contribution is -2.45. The molecule has 1 saturated heterocycles. The zero-order valence-electron chi connectivity index (χ0n) is 10.1. The fraction of sp³-hybridized carbons (Fsp3) is 0.462. The van der Waals surface area contributed by atoms with Crippen LogP contribution in [0.1, 0.15) is 24.0 Å². The van der Waals surface area contributed by atoms with Crippen molar-refractivity contribution >= 4 is 5.91 Å². The van der Waals surface area contributed by atoms with E-state index in [0.29, 0.717) is 0 Å². The Morgan fingerprint density at radius 2 is 2.18 bits per heavy atom. The molecule has 0 unspecified atom stereocenters. The topological polar surface area (TPSA) is 58.4 Å². The Kier molecular flexibility index (Phi) is 3.76. The fourth-order valence-electron chi connectivity index (χ4n) is 2.34. The van der Waals surface area contributed by atoms with Gasteiger partial charge in [0.2, 0.25) is 0 Å². The van der Waals surface area contributed by atoms with Crippen LogP contribution in [0.5, 0.6) is 0 Å². The molecule has 1 amide bonds. The smallest absolute Gasteiger partial charge is 0.251 e. The van der Waals surface area contributed by atoms with E-state index in [0.717, 1.165) is 25.9 Å². The molecule has 1 heterocycles. The van der Waals surface area contributed by atoms with Crippen LogP contribution in [-0.4, -0.2) is 23.4 Å². The van der Waals surface area contributed by atoms with Gasteiger partial charge in [-0.05, 0) is 31.9 Å². The van der Waals surface area contributed by atoms with E-state index >= 15 is 0 Å². The van der Waals surface area contributed by atoms with E-state index in [2.05, 4.69) is 41.5 Å². The fourth-order valence-corrected chi connectivity index (χ4v) is 2.34. The molecular weight excluding hydrogens is 214 g/mol. The Hall–Kier alpha value is -1.39. The summed E-state index contributed by atoms with van der Waals surface area (Å²) in [7, 11) is 0. The van der Waals surface area contributed by atoms with Gasteiger partial charge in [0, 0.05) is 6.54 Å². The van der Waals surface area contributed by atoms with Crippen LogP contribution < -0.4 is 11.3 Å². The Morgan fingerprint density at radius 1 is 1.47 bits per heavy atom. The summed E-state index contributed by atoms with van der Waals surface area (Å²) < 4.78 is 0. The van der Waals surface area contributed by atoms with Gasteiger partial charge in [0.1, 0.15) is 0 Å². The molecule has 3 N–H and O–H groups in total. The maximum atomic E-state index is 11.6. The van der Waals surface area contributed by atoms with Gasteiger partial charge >= 0.3 is 0 Å². The summed E-state index contributed by atoms with van der Waals surface area (Å²) in [6, 6.07) is 8.37. The first-order valence-electron chi connectivity index (χ1n) is 6.01. The number of amides is 1. The van der Waals surface area contributed by atoms with Crippen LogP contribution >= 0.6 is 0 Å². The van der Waals surface area contributed by atoms with E-state index in [1.807, 2.05) is 0 Å². The molecule has 0 spiro atoms. The summed E-state index contributed by atoms with van der Waals surface area (Å²) in [5.41, 5.74) is 4.75. The molecular formula is C13H19N3O. The van der Waals surface area contributed by atoms with Crippen molar-refractivity contribution in [2.75, 3.05) is 6.54 Å². The average molecular weight is 233 g/mol. The van der Waals surface area contributed by atoms with E-state index in [-0.39, 0.29) is 11.9 Å². The highest BCUT2D eigenvalue weighted by molar-refractivity contribution is 5.81. The number of rotatable bonds is 3. The third-order valence-corrected chi connectivity index (χ3v) is 3.31. The maximum Gasteiger partial charge on any atom is 0.251 e. The van der Waals surface area contributed by atoms with Crippen molar-refractivity contribution in [1.29, 1.82) is 0 Å². The summed E-state index contributed by atoms with van der Waals surface area (Å²) in [6.07, 6.45) is 1.96. The Bertz CT molecular complexity index is 388. The van der Waals surface area contributed by atoms with Crippen molar-refractivity contribution in [3.63, 3.8) is 0 Å². The number of nitrogens with zero attached hydrogens (tertiary/aromatic N) is 1. The molecule has 1 aliphatic rings. The van der Waals surface area contributed by atoms with E-state index in [1.165, 1.54) is 11.1 Å². The number of aryl methyl sites for hydroxylation is 1. The number of hydrogen-bond donors (Lipinski definition) is 2. The van der Waals surface area contributed by atoms with E-state index in [4.69, 9.17) is 5.84 Å². The second-order valence-corrected chi connectivity index (χ2v) is 4.62. The molecule has 0 saturated carbocycles.